The van der Waals surface area contributed by atoms with Crippen LogP contribution in [0.4, 0.5) is 0 Å². The summed E-state index contributed by atoms with van der Waals surface area (Å²) in [6.07, 6.45) is 4.70. The molecule has 0 spiro atoms. The van der Waals surface area contributed by atoms with E-state index in [0.29, 0.717) is 0 Å². The number of methoxy groups -OCH3 is 2. The van der Waals surface area contributed by atoms with Gasteiger partial charge in [-0.1, -0.05) is 6.08 Å². The van der Waals surface area contributed by atoms with Gasteiger partial charge in [0.15, 0.2) is 0 Å². The first-order chi connectivity index (χ1) is 9.13. The molecule has 19 heavy (non-hydrogen) atoms. The standard InChI is InChI=1S/C15H16O4/c1-18-12-5-6-14(19-2)13(9-12)11-4-3-10(7-11)8-15(16)17/h5-9H,3-4H2,1-2H3,(H,16,17)/b10-8+. The molecule has 100 valence electrons. The average Bonchev–Trinajstić information content (AvgIpc) is 2.85. The Morgan fingerprint density at radius 1 is 1.26 bits per heavy atom. The Balaban J connectivity index is 2.39. The maximum atomic E-state index is 10.7. The Labute approximate surface area is 112 Å². The number of ether oxygens (including phenoxy) is 2. The number of carbonyl (C=O) groups is 1. The molecule has 0 amide bonds. The first-order valence-corrected chi connectivity index (χ1v) is 6.00. The Morgan fingerprint density at radius 3 is 2.68 bits per heavy atom. The van der Waals surface area contributed by atoms with Crippen LogP contribution in [-0.2, 0) is 4.79 Å². The van der Waals surface area contributed by atoms with Gasteiger partial charge in [-0.2, -0.15) is 0 Å². The van der Waals surface area contributed by atoms with Crippen molar-refractivity contribution < 1.29 is 19.4 Å². The minimum Gasteiger partial charge on any atom is -0.497 e. The monoisotopic (exact) mass is 260 g/mol. The fraction of sp³-hybridized carbons (Fsp3) is 0.267. The van der Waals surface area contributed by atoms with Crippen LogP contribution in [0.15, 0.2) is 35.9 Å². The Bertz CT molecular complexity index is 555. The summed E-state index contributed by atoms with van der Waals surface area (Å²) < 4.78 is 10.6. The third-order valence-corrected chi connectivity index (χ3v) is 3.10. The molecule has 1 aromatic carbocycles. The van der Waals surface area contributed by atoms with Gasteiger partial charge in [0.05, 0.1) is 14.2 Å². The van der Waals surface area contributed by atoms with Crippen LogP contribution in [0.25, 0.3) is 5.57 Å². The number of benzene rings is 1. The molecule has 1 aromatic rings. The van der Waals surface area contributed by atoms with E-state index in [-0.39, 0.29) is 0 Å². The Kier molecular flexibility index (Phi) is 3.90. The fourth-order valence-corrected chi connectivity index (χ4v) is 2.20. The highest BCUT2D eigenvalue weighted by molar-refractivity contribution is 5.84. The quantitative estimate of drug-likeness (QED) is 0.846. The number of rotatable bonds is 4. The van der Waals surface area contributed by atoms with Gasteiger partial charge in [0.25, 0.3) is 0 Å². The van der Waals surface area contributed by atoms with Gasteiger partial charge in [-0.05, 0) is 42.2 Å². The zero-order valence-corrected chi connectivity index (χ0v) is 11.0. The summed E-state index contributed by atoms with van der Waals surface area (Å²) in [5.41, 5.74) is 2.85. The van der Waals surface area contributed by atoms with E-state index in [0.717, 1.165) is 41.1 Å². The highest BCUT2D eigenvalue weighted by atomic mass is 16.5. The minimum atomic E-state index is -0.912. The molecule has 0 heterocycles. The first kappa shape index (κ1) is 13.2. The van der Waals surface area contributed by atoms with Crippen LogP contribution in [0.3, 0.4) is 0 Å². The molecule has 0 aliphatic heterocycles. The van der Waals surface area contributed by atoms with Gasteiger partial charge in [-0.3, -0.25) is 0 Å². The van der Waals surface area contributed by atoms with E-state index in [1.54, 1.807) is 14.2 Å². The molecule has 1 aliphatic carbocycles. The van der Waals surface area contributed by atoms with Crippen LogP contribution >= 0.6 is 0 Å². The van der Waals surface area contributed by atoms with Crippen LogP contribution in [0, 0.1) is 0 Å². The Hall–Kier alpha value is -2.23. The highest BCUT2D eigenvalue weighted by Gasteiger charge is 2.16. The van der Waals surface area contributed by atoms with Gasteiger partial charge in [0.2, 0.25) is 0 Å². The second-order valence-electron chi connectivity index (χ2n) is 4.29. The molecule has 4 heteroatoms. The van der Waals surface area contributed by atoms with Crippen molar-refractivity contribution in [3.05, 3.63) is 41.5 Å². The molecule has 0 radical (unpaired) electrons. The van der Waals surface area contributed by atoms with Gasteiger partial charge in [0.1, 0.15) is 11.5 Å². The predicted molar refractivity (Wildman–Crippen MR) is 72.5 cm³/mol. The Morgan fingerprint density at radius 2 is 2.05 bits per heavy atom. The molecular weight excluding hydrogens is 244 g/mol. The molecular formula is C15H16O4. The normalized spacial score (nSPS) is 16.3. The molecule has 0 bridgehead atoms. The van der Waals surface area contributed by atoms with Gasteiger partial charge < -0.3 is 14.6 Å². The number of hydrogen-bond donors (Lipinski definition) is 1. The van der Waals surface area contributed by atoms with Crippen LogP contribution in [0.5, 0.6) is 11.5 Å². The van der Waals surface area contributed by atoms with Gasteiger partial charge in [-0.25, -0.2) is 4.79 Å². The van der Waals surface area contributed by atoms with Crippen molar-refractivity contribution in [2.75, 3.05) is 14.2 Å². The average molecular weight is 260 g/mol. The number of carboxylic acids is 1. The number of aliphatic carboxylic acids is 1. The third kappa shape index (κ3) is 2.96. The SMILES string of the molecule is COc1ccc(OC)c(C2=C/C(=C/C(=O)O)CC2)c1. The summed E-state index contributed by atoms with van der Waals surface area (Å²) in [6.45, 7) is 0. The smallest absolute Gasteiger partial charge is 0.328 e. The summed E-state index contributed by atoms with van der Waals surface area (Å²) >= 11 is 0. The second-order valence-corrected chi connectivity index (χ2v) is 4.29. The van der Waals surface area contributed by atoms with E-state index in [2.05, 4.69) is 0 Å². The molecule has 2 rings (SSSR count). The molecule has 0 fully saturated rings. The van der Waals surface area contributed by atoms with Crippen molar-refractivity contribution in [3.63, 3.8) is 0 Å². The molecule has 0 unspecified atom stereocenters. The topological polar surface area (TPSA) is 55.8 Å². The lowest BCUT2D eigenvalue weighted by Crippen LogP contribution is -1.92. The van der Waals surface area contributed by atoms with E-state index in [4.69, 9.17) is 14.6 Å². The van der Waals surface area contributed by atoms with Crippen LogP contribution in [0.2, 0.25) is 0 Å². The second kappa shape index (κ2) is 5.61. The van der Waals surface area contributed by atoms with Gasteiger partial charge >= 0.3 is 5.97 Å². The minimum absolute atomic E-state index is 0.738. The van der Waals surface area contributed by atoms with Crippen molar-refractivity contribution in [3.8, 4) is 11.5 Å². The summed E-state index contributed by atoms with van der Waals surface area (Å²) in [7, 11) is 3.24. The summed E-state index contributed by atoms with van der Waals surface area (Å²) in [5, 5.41) is 8.76. The zero-order chi connectivity index (χ0) is 13.8. The lowest BCUT2D eigenvalue weighted by Gasteiger charge is -2.10. The molecule has 0 atom stereocenters. The van der Waals surface area contributed by atoms with E-state index in [1.165, 1.54) is 6.08 Å². The van der Waals surface area contributed by atoms with Crippen molar-refractivity contribution in [1.82, 2.24) is 0 Å². The fourth-order valence-electron chi connectivity index (χ4n) is 2.20. The van der Waals surface area contributed by atoms with E-state index in [1.807, 2.05) is 24.3 Å². The van der Waals surface area contributed by atoms with Gasteiger partial charge in [-0.15, -0.1) is 0 Å². The predicted octanol–water partition coefficient (Wildman–Crippen LogP) is 2.89. The van der Waals surface area contributed by atoms with E-state index < -0.39 is 5.97 Å². The van der Waals surface area contributed by atoms with Crippen LogP contribution < -0.4 is 9.47 Å². The molecule has 1 aliphatic rings. The van der Waals surface area contributed by atoms with Crippen molar-refractivity contribution in [2.24, 2.45) is 0 Å². The lowest BCUT2D eigenvalue weighted by atomic mass is 10.0. The number of hydrogen-bond acceptors (Lipinski definition) is 3. The molecule has 1 N–H and O–H groups in total. The molecule has 0 saturated carbocycles. The zero-order valence-electron chi connectivity index (χ0n) is 11.0. The maximum absolute atomic E-state index is 10.7. The molecule has 4 nitrogen and oxygen atoms in total. The third-order valence-electron chi connectivity index (χ3n) is 3.10. The summed E-state index contributed by atoms with van der Waals surface area (Å²) in [5.74, 6) is 0.612. The van der Waals surface area contributed by atoms with Crippen molar-refractivity contribution in [1.29, 1.82) is 0 Å². The van der Waals surface area contributed by atoms with Gasteiger partial charge in [0, 0.05) is 11.6 Å². The number of allylic oxidation sites excluding steroid dienone is 3. The van der Waals surface area contributed by atoms with Crippen molar-refractivity contribution in [2.45, 2.75) is 12.8 Å². The summed E-state index contributed by atoms with van der Waals surface area (Å²) in [4.78, 5) is 10.7. The highest BCUT2D eigenvalue weighted by Crippen LogP contribution is 2.37. The first-order valence-electron chi connectivity index (χ1n) is 6.00. The van der Waals surface area contributed by atoms with E-state index in [9.17, 15) is 4.79 Å². The number of carboxylic acid groups (broad SMARTS) is 1. The van der Waals surface area contributed by atoms with Crippen LogP contribution in [0.1, 0.15) is 18.4 Å². The van der Waals surface area contributed by atoms with E-state index >= 15 is 0 Å². The van der Waals surface area contributed by atoms with Crippen molar-refractivity contribution >= 4 is 11.5 Å². The maximum Gasteiger partial charge on any atom is 0.328 e. The molecule has 0 aromatic heterocycles. The summed E-state index contributed by atoms with van der Waals surface area (Å²) in [6, 6.07) is 5.61. The molecule has 0 saturated heterocycles. The lowest BCUT2D eigenvalue weighted by molar-refractivity contribution is -0.131. The van der Waals surface area contributed by atoms with Crippen LogP contribution in [-0.4, -0.2) is 25.3 Å². The largest absolute Gasteiger partial charge is 0.497 e.